The molecule has 0 atom stereocenters. The van der Waals surface area contributed by atoms with Gasteiger partial charge in [-0.15, -0.1) is 0 Å². The highest BCUT2D eigenvalue weighted by Gasteiger charge is 2.28. The average Bonchev–Trinajstić information content (AvgIpc) is 2.67. The normalized spacial score (nSPS) is 15.2. The molecule has 9 nitrogen and oxygen atoms in total. The van der Waals surface area contributed by atoms with E-state index in [-0.39, 0.29) is 22.4 Å². The number of nitrogens with zero attached hydrogens (tertiary/aromatic N) is 2. The lowest BCUT2D eigenvalue weighted by Crippen LogP contribution is -2.38. The second-order valence-electron chi connectivity index (χ2n) is 6.57. The molecule has 0 radical (unpaired) electrons. The molecule has 0 aromatic heterocycles. The van der Waals surface area contributed by atoms with E-state index in [4.69, 9.17) is 5.14 Å². The largest absolute Gasteiger partial charge is 0.366 e. The van der Waals surface area contributed by atoms with Crippen molar-refractivity contribution in [1.82, 2.24) is 0 Å². The average molecular weight is 404 g/mol. The minimum absolute atomic E-state index is 0.0465. The van der Waals surface area contributed by atoms with Crippen LogP contribution in [-0.2, 0) is 14.8 Å². The molecule has 1 aliphatic rings. The van der Waals surface area contributed by atoms with Crippen LogP contribution in [0.4, 0.5) is 17.1 Å². The van der Waals surface area contributed by atoms with Gasteiger partial charge in [0.05, 0.1) is 9.82 Å². The minimum atomic E-state index is -3.85. The molecule has 0 aliphatic carbocycles. The third kappa shape index (κ3) is 4.46. The number of nitro groups is 1. The summed E-state index contributed by atoms with van der Waals surface area (Å²) in [6.07, 6.45) is 1.07. The lowest BCUT2D eigenvalue weighted by atomic mass is 9.95. The molecule has 148 valence electrons. The van der Waals surface area contributed by atoms with Crippen molar-refractivity contribution < 1.29 is 18.1 Å². The molecule has 2 aromatic rings. The molecule has 0 spiro atoms. The van der Waals surface area contributed by atoms with Gasteiger partial charge in [-0.3, -0.25) is 14.9 Å². The zero-order chi connectivity index (χ0) is 20.3. The molecule has 2 aromatic carbocycles. The zero-order valence-electron chi connectivity index (χ0n) is 14.9. The third-order valence-electron chi connectivity index (χ3n) is 4.71. The molecule has 28 heavy (non-hydrogen) atoms. The Morgan fingerprint density at radius 2 is 1.82 bits per heavy atom. The molecule has 3 N–H and O–H groups in total. The van der Waals surface area contributed by atoms with Crippen molar-refractivity contribution in [3.05, 3.63) is 58.6 Å². The summed E-state index contributed by atoms with van der Waals surface area (Å²) < 4.78 is 22.9. The summed E-state index contributed by atoms with van der Waals surface area (Å²) in [5.74, 6) is -0.481. The Hall–Kier alpha value is -2.98. The van der Waals surface area contributed by atoms with Crippen LogP contribution in [0.5, 0.6) is 0 Å². The summed E-state index contributed by atoms with van der Waals surface area (Å²) in [5, 5.41) is 19.0. The van der Waals surface area contributed by atoms with Crippen LogP contribution in [0.25, 0.3) is 0 Å². The van der Waals surface area contributed by atoms with E-state index in [9.17, 15) is 23.3 Å². The first-order chi connectivity index (χ1) is 13.3. The molecule has 0 bridgehead atoms. The Morgan fingerprint density at radius 1 is 1.14 bits per heavy atom. The van der Waals surface area contributed by atoms with E-state index in [2.05, 4.69) is 5.32 Å². The number of nitrogens with one attached hydrogen (secondary N) is 1. The molecule has 1 saturated heterocycles. The number of carbonyl (C=O) groups is 1. The molecule has 0 saturated carbocycles. The van der Waals surface area contributed by atoms with Gasteiger partial charge in [-0.25, -0.2) is 13.6 Å². The van der Waals surface area contributed by atoms with E-state index in [1.54, 1.807) is 24.3 Å². The van der Waals surface area contributed by atoms with Crippen molar-refractivity contribution in [3.8, 4) is 0 Å². The Morgan fingerprint density at radius 3 is 2.46 bits per heavy atom. The Balaban J connectivity index is 1.64. The monoisotopic (exact) mass is 404 g/mol. The van der Waals surface area contributed by atoms with Gasteiger partial charge in [0.15, 0.2) is 0 Å². The van der Waals surface area contributed by atoms with Crippen LogP contribution in [0, 0.1) is 16.0 Å². The van der Waals surface area contributed by atoms with E-state index in [0.29, 0.717) is 37.3 Å². The Labute approximate surface area is 162 Å². The number of rotatable bonds is 5. The summed E-state index contributed by atoms with van der Waals surface area (Å²) >= 11 is 0. The molecule has 0 unspecified atom stereocenters. The van der Waals surface area contributed by atoms with Crippen LogP contribution >= 0.6 is 0 Å². The van der Waals surface area contributed by atoms with Crippen molar-refractivity contribution in [2.45, 2.75) is 17.7 Å². The molecule has 10 heteroatoms. The predicted octanol–water partition coefficient (Wildman–Crippen LogP) is 2.10. The number of sulfonamides is 1. The first-order valence-corrected chi connectivity index (χ1v) is 10.2. The Kier molecular flexibility index (Phi) is 5.61. The second kappa shape index (κ2) is 7.95. The van der Waals surface area contributed by atoms with Gasteiger partial charge < -0.3 is 10.2 Å². The number of benzene rings is 2. The van der Waals surface area contributed by atoms with E-state index in [1.807, 2.05) is 4.90 Å². The van der Waals surface area contributed by atoms with Gasteiger partial charge in [-0.05, 0) is 37.1 Å². The van der Waals surface area contributed by atoms with Crippen LogP contribution < -0.4 is 15.4 Å². The summed E-state index contributed by atoms with van der Waals surface area (Å²) in [7, 11) is -3.85. The standard InChI is InChI=1S/C18H20N4O5S/c19-28(26,27)15-5-3-4-14(12-15)20-18(23)13-8-10-21(11-9-13)16-6-1-2-7-17(16)22(24)25/h1-7,12-13H,8-11H2,(H,20,23)(H2,19,26,27). The summed E-state index contributed by atoms with van der Waals surface area (Å²) in [5.41, 5.74) is 0.954. The molecular formula is C18H20N4O5S. The number of hydrogen-bond acceptors (Lipinski definition) is 6. The third-order valence-corrected chi connectivity index (χ3v) is 5.63. The van der Waals surface area contributed by atoms with Crippen LogP contribution in [0.2, 0.25) is 0 Å². The van der Waals surface area contributed by atoms with Gasteiger partial charge >= 0.3 is 0 Å². The number of primary sulfonamides is 1. The van der Waals surface area contributed by atoms with Crippen molar-refractivity contribution in [2.24, 2.45) is 11.1 Å². The fraction of sp³-hybridized carbons (Fsp3) is 0.278. The van der Waals surface area contributed by atoms with Crippen molar-refractivity contribution >= 4 is 33.0 Å². The van der Waals surface area contributed by atoms with Crippen LogP contribution in [-0.4, -0.2) is 32.3 Å². The number of piperidine rings is 1. The number of carbonyl (C=O) groups excluding carboxylic acids is 1. The molecule has 1 amide bonds. The fourth-order valence-corrected chi connectivity index (χ4v) is 3.82. The van der Waals surface area contributed by atoms with Crippen molar-refractivity contribution in [3.63, 3.8) is 0 Å². The SMILES string of the molecule is NS(=O)(=O)c1cccc(NC(=O)C2CCN(c3ccccc3[N+](=O)[O-])CC2)c1. The first-order valence-electron chi connectivity index (χ1n) is 8.68. The van der Waals surface area contributed by atoms with Crippen molar-refractivity contribution in [2.75, 3.05) is 23.3 Å². The van der Waals surface area contributed by atoms with E-state index < -0.39 is 14.9 Å². The number of para-hydroxylation sites is 2. The summed E-state index contributed by atoms with van der Waals surface area (Å²) in [4.78, 5) is 25.2. The van der Waals surface area contributed by atoms with Crippen LogP contribution in [0.3, 0.4) is 0 Å². The summed E-state index contributed by atoms with van der Waals surface area (Å²) in [6.45, 7) is 1.03. The van der Waals surface area contributed by atoms with E-state index in [1.165, 1.54) is 24.3 Å². The van der Waals surface area contributed by atoms with Crippen LogP contribution in [0.1, 0.15) is 12.8 Å². The zero-order valence-corrected chi connectivity index (χ0v) is 15.8. The lowest BCUT2D eigenvalue weighted by molar-refractivity contribution is -0.384. The van der Waals surface area contributed by atoms with Gasteiger partial charge in [-0.1, -0.05) is 18.2 Å². The molecule has 1 aliphatic heterocycles. The highest BCUT2D eigenvalue weighted by molar-refractivity contribution is 7.89. The van der Waals surface area contributed by atoms with E-state index >= 15 is 0 Å². The second-order valence-corrected chi connectivity index (χ2v) is 8.13. The molecule has 1 fully saturated rings. The van der Waals surface area contributed by atoms with Crippen LogP contribution in [0.15, 0.2) is 53.4 Å². The van der Waals surface area contributed by atoms with Gasteiger partial charge in [0.2, 0.25) is 15.9 Å². The summed E-state index contributed by atoms with van der Waals surface area (Å²) in [6, 6.07) is 12.3. The number of nitro benzene ring substituents is 1. The quantitative estimate of drug-likeness (QED) is 0.578. The maximum Gasteiger partial charge on any atom is 0.292 e. The number of amides is 1. The lowest BCUT2D eigenvalue weighted by Gasteiger charge is -2.32. The Bertz CT molecular complexity index is 1000. The van der Waals surface area contributed by atoms with E-state index in [0.717, 1.165) is 0 Å². The van der Waals surface area contributed by atoms with Gasteiger partial charge in [0, 0.05) is 30.8 Å². The first kappa shape index (κ1) is 19.8. The predicted molar refractivity (Wildman–Crippen MR) is 104 cm³/mol. The van der Waals surface area contributed by atoms with Gasteiger partial charge in [0.1, 0.15) is 5.69 Å². The van der Waals surface area contributed by atoms with Gasteiger partial charge in [-0.2, -0.15) is 0 Å². The van der Waals surface area contributed by atoms with Gasteiger partial charge in [0.25, 0.3) is 5.69 Å². The molecule has 1 heterocycles. The smallest absolute Gasteiger partial charge is 0.292 e. The highest BCUT2D eigenvalue weighted by atomic mass is 32.2. The topological polar surface area (TPSA) is 136 Å². The molecule has 3 rings (SSSR count). The van der Waals surface area contributed by atoms with Crippen molar-refractivity contribution in [1.29, 1.82) is 0 Å². The number of nitrogens with two attached hydrogens (primary N) is 1. The number of anilines is 2. The minimum Gasteiger partial charge on any atom is -0.366 e. The highest BCUT2D eigenvalue weighted by Crippen LogP contribution is 2.31. The molecular weight excluding hydrogens is 384 g/mol. The number of hydrogen-bond donors (Lipinski definition) is 2. The fourth-order valence-electron chi connectivity index (χ4n) is 3.26. The maximum absolute atomic E-state index is 12.5. The maximum atomic E-state index is 12.5.